The number of phenolic OH excluding ortho intramolecular Hbond substituents is 1. The third kappa shape index (κ3) is 4.24. The minimum Gasteiger partial charge on any atom is -0.508 e. The number of hydrogen-bond donors (Lipinski definition) is 3. The van der Waals surface area contributed by atoms with Crippen LogP contribution in [0.1, 0.15) is 13.3 Å². The Bertz CT molecular complexity index is 1230. The Kier molecular flexibility index (Phi) is 5.87. The summed E-state index contributed by atoms with van der Waals surface area (Å²) in [6.45, 7) is 1.91. The van der Waals surface area contributed by atoms with Crippen molar-refractivity contribution in [2.75, 3.05) is 5.32 Å². The van der Waals surface area contributed by atoms with Crippen molar-refractivity contribution in [3.8, 4) is 16.9 Å². The average Bonchev–Trinajstić information content (AvgIpc) is 3.19. The van der Waals surface area contributed by atoms with Crippen molar-refractivity contribution in [1.29, 1.82) is 0 Å². The van der Waals surface area contributed by atoms with Gasteiger partial charge in [0.25, 0.3) is 5.56 Å². The molecule has 0 spiro atoms. The third-order valence-electron chi connectivity index (χ3n) is 4.56. The number of rotatable bonds is 6. The van der Waals surface area contributed by atoms with Crippen LogP contribution in [0, 0.1) is 0 Å². The molecule has 0 radical (unpaired) electrons. The van der Waals surface area contributed by atoms with E-state index in [0.717, 1.165) is 11.1 Å². The van der Waals surface area contributed by atoms with Crippen molar-refractivity contribution in [2.45, 2.75) is 23.8 Å². The number of aromatic amines is 1. The van der Waals surface area contributed by atoms with Gasteiger partial charge in [0.2, 0.25) is 5.91 Å². The molecule has 0 saturated heterocycles. The molecule has 4 aromatic rings. The molecule has 0 aliphatic rings. The lowest BCUT2D eigenvalue weighted by atomic mass is 10.1. The van der Waals surface area contributed by atoms with Gasteiger partial charge in [-0.2, -0.15) is 0 Å². The van der Waals surface area contributed by atoms with Crippen LogP contribution in [0.5, 0.6) is 5.75 Å². The number of nitrogens with one attached hydrogen (secondary N) is 2. The number of thioether (sulfide) groups is 1. The van der Waals surface area contributed by atoms with Crippen molar-refractivity contribution in [3.63, 3.8) is 0 Å². The minimum atomic E-state index is -0.423. The molecule has 0 aliphatic heterocycles. The number of fused-ring (bicyclic) bond motifs is 1. The van der Waals surface area contributed by atoms with Crippen LogP contribution < -0.4 is 10.9 Å². The highest BCUT2D eigenvalue weighted by molar-refractivity contribution is 8.00. The fourth-order valence-electron chi connectivity index (χ4n) is 3.04. The summed E-state index contributed by atoms with van der Waals surface area (Å²) in [7, 11) is 0. The molecule has 0 bridgehead atoms. The summed E-state index contributed by atoms with van der Waals surface area (Å²) in [5.41, 5.74) is 2.21. The van der Waals surface area contributed by atoms with Crippen LogP contribution >= 0.6 is 23.1 Å². The van der Waals surface area contributed by atoms with E-state index in [9.17, 15) is 14.7 Å². The van der Waals surface area contributed by atoms with Crippen molar-refractivity contribution in [1.82, 2.24) is 9.97 Å². The van der Waals surface area contributed by atoms with E-state index in [1.807, 2.05) is 42.6 Å². The van der Waals surface area contributed by atoms with Gasteiger partial charge in [-0.05, 0) is 36.2 Å². The van der Waals surface area contributed by atoms with Gasteiger partial charge in [0.1, 0.15) is 10.6 Å². The number of hydrogen-bond acceptors (Lipinski definition) is 6. The van der Waals surface area contributed by atoms with Gasteiger partial charge < -0.3 is 15.4 Å². The molecule has 0 fully saturated rings. The van der Waals surface area contributed by atoms with E-state index >= 15 is 0 Å². The Morgan fingerprint density at radius 1 is 1.20 bits per heavy atom. The van der Waals surface area contributed by atoms with Gasteiger partial charge in [-0.1, -0.05) is 49.0 Å². The first-order valence-corrected chi connectivity index (χ1v) is 11.1. The molecule has 1 unspecified atom stereocenters. The molecule has 4 rings (SSSR count). The summed E-state index contributed by atoms with van der Waals surface area (Å²) in [5.74, 6) is -0.0533. The Hall–Kier alpha value is -3.10. The SMILES string of the molecule is CCC(Sc1nc2scc(-c3ccccc3)c2c(=O)[nH]1)C(=O)Nc1ccc(O)cc1. The number of H-pyrrole nitrogens is 1. The average molecular weight is 438 g/mol. The minimum absolute atomic E-state index is 0.135. The monoisotopic (exact) mass is 437 g/mol. The van der Waals surface area contributed by atoms with Crippen LogP contribution in [0.25, 0.3) is 21.3 Å². The largest absolute Gasteiger partial charge is 0.508 e. The fourth-order valence-corrected chi connectivity index (χ4v) is 4.94. The van der Waals surface area contributed by atoms with E-state index < -0.39 is 5.25 Å². The zero-order valence-electron chi connectivity index (χ0n) is 16.1. The summed E-state index contributed by atoms with van der Waals surface area (Å²) < 4.78 is 0. The van der Waals surface area contributed by atoms with Gasteiger partial charge in [0, 0.05) is 16.6 Å². The van der Waals surface area contributed by atoms with Gasteiger partial charge in [-0.3, -0.25) is 9.59 Å². The van der Waals surface area contributed by atoms with E-state index in [4.69, 9.17) is 0 Å². The number of phenols is 1. The molecule has 0 saturated carbocycles. The van der Waals surface area contributed by atoms with Crippen LogP contribution in [-0.2, 0) is 4.79 Å². The number of nitrogens with zero attached hydrogens (tertiary/aromatic N) is 1. The van der Waals surface area contributed by atoms with Crippen LogP contribution in [0.15, 0.2) is 69.9 Å². The summed E-state index contributed by atoms with van der Waals surface area (Å²) >= 11 is 2.65. The van der Waals surface area contributed by atoms with Gasteiger partial charge in [-0.25, -0.2) is 4.98 Å². The quantitative estimate of drug-likeness (QED) is 0.227. The molecule has 2 aromatic carbocycles. The van der Waals surface area contributed by atoms with Crippen LogP contribution in [-0.4, -0.2) is 26.2 Å². The predicted octanol–water partition coefficient (Wildman–Crippen LogP) is 4.87. The van der Waals surface area contributed by atoms with Gasteiger partial charge >= 0.3 is 0 Å². The topological polar surface area (TPSA) is 95.1 Å². The Morgan fingerprint density at radius 3 is 2.63 bits per heavy atom. The second kappa shape index (κ2) is 8.73. The Morgan fingerprint density at radius 2 is 1.93 bits per heavy atom. The molecule has 1 amide bonds. The molecule has 1 atom stereocenters. The molecule has 3 N–H and O–H groups in total. The molecular formula is C22H19N3O3S2. The molecule has 152 valence electrons. The third-order valence-corrected chi connectivity index (χ3v) is 6.68. The first kappa shape index (κ1) is 20.2. The maximum atomic E-state index is 12.8. The first-order valence-electron chi connectivity index (χ1n) is 9.38. The van der Waals surface area contributed by atoms with Crippen LogP contribution in [0.4, 0.5) is 5.69 Å². The number of amides is 1. The molecule has 30 heavy (non-hydrogen) atoms. The number of aromatic hydroxyl groups is 1. The highest BCUT2D eigenvalue weighted by Gasteiger charge is 2.21. The van der Waals surface area contributed by atoms with E-state index in [0.29, 0.717) is 27.5 Å². The zero-order chi connectivity index (χ0) is 21.1. The summed E-state index contributed by atoms with van der Waals surface area (Å²) in [5, 5.41) is 14.7. The number of thiophene rings is 1. The molecule has 2 heterocycles. The number of anilines is 1. The number of carbonyl (C=O) groups is 1. The maximum absolute atomic E-state index is 12.8. The lowest BCUT2D eigenvalue weighted by Crippen LogP contribution is -2.25. The number of aromatic nitrogens is 2. The smallest absolute Gasteiger partial charge is 0.260 e. The molecule has 2 aromatic heterocycles. The zero-order valence-corrected chi connectivity index (χ0v) is 17.7. The van der Waals surface area contributed by atoms with Gasteiger partial charge in [0.05, 0.1) is 10.6 Å². The normalized spacial score (nSPS) is 12.0. The van der Waals surface area contributed by atoms with Gasteiger partial charge in [-0.15, -0.1) is 11.3 Å². The van der Waals surface area contributed by atoms with E-state index in [1.165, 1.54) is 35.2 Å². The highest BCUT2D eigenvalue weighted by Crippen LogP contribution is 2.32. The lowest BCUT2D eigenvalue weighted by Gasteiger charge is -2.14. The van der Waals surface area contributed by atoms with Crippen LogP contribution in [0.3, 0.4) is 0 Å². The summed E-state index contributed by atoms with van der Waals surface area (Å²) in [4.78, 5) is 33.5. The summed E-state index contributed by atoms with van der Waals surface area (Å²) in [6.07, 6.45) is 0.566. The maximum Gasteiger partial charge on any atom is 0.260 e. The molecule has 0 aliphatic carbocycles. The Labute approximate surface area is 181 Å². The number of benzene rings is 2. The first-order chi connectivity index (χ1) is 14.5. The number of carbonyl (C=O) groups excluding carboxylic acids is 1. The highest BCUT2D eigenvalue weighted by atomic mass is 32.2. The molecular weight excluding hydrogens is 418 g/mol. The molecule has 8 heteroatoms. The molecule has 6 nitrogen and oxygen atoms in total. The van der Waals surface area contributed by atoms with E-state index in [1.54, 1.807) is 12.1 Å². The van der Waals surface area contributed by atoms with E-state index in [-0.39, 0.29) is 17.2 Å². The van der Waals surface area contributed by atoms with Crippen molar-refractivity contribution in [2.24, 2.45) is 0 Å². The Balaban J connectivity index is 1.57. The van der Waals surface area contributed by atoms with Crippen LogP contribution in [0.2, 0.25) is 0 Å². The van der Waals surface area contributed by atoms with E-state index in [2.05, 4.69) is 15.3 Å². The fraction of sp³-hybridized carbons (Fsp3) is 0.136. The standard InChI is InChI=1S/C22H19N3O3S2/c1-2-17(19(27)23-14-8-10-15(26)11-9-14)30-22-24-20(28)18-16(12-29-21(18)25-22)13-6-4-3-5-7-13/h3-12,17,26H,2H2,1H3,(H,23,27)(H,24,25,28). The van der Waals surface area contributed by atoms with Crippen molar-refractivity contribution in [3.05, 3.63) is 70.3 Å². The van der Waals surface area contributed by atoms with Gasteiger partial charge in [0.15, 0.2) is 5.16 Å². The van der Waals surface area contributed by atoms with Crippen molar-refractivity contribution < 1.29 is 9.90 Å². The summed E-state index contributed by atoms with van der Waals surface area (Å²) in [6, 6.07) is 16.0. The second-order valence-electron chi connectivity index (χ2n) is 6.62. The van der Waals surface area contributed by atoms with Crippen molar-refractivity contribution >= 4 is 44.9 Å². The second-order valence-corrected chi connectivity index (χ2v) is 8.67. The lowest BCUT2D eigenvalue weighted by molar-refractivity contribution is -0.115. The predicted molar refractivity (Wildman–Crippen MR) is 122 cm³/mol.